The first-order chi connectivity index (χ1) is 9.90. The van der Waals surface area contributed by atoms with Crippen molar-refractivity contribution in [3.8, 4) is 6.07 Å². The van der Waals surface area contributed by atoms with Crippen LogP contribution in [-0.4, -0.2) is 37.8 Å². The van der Waals surface area contributed by atoms with E-state index in [0.29, 0.717) is 30.6 Å². The molecule has 0 aliphatic carbocycles. The van der Waals surface area contributed by atoms with Crippen molar-refractivity contribution in [2.24, 2.45) is 0 Å². The molecule has 0 saturated carbocycles. The van der Waals surface area contributed by atoms with Gasteiger partial charge in [0.2, 0.25) is 15.9 Å². The zero-order valence-electron chi connectivity index (χ0n) is 11.7. The average molecular weight is 307 g/mol. The second-order valence-electron chi connectivity index (χ2n) is 5.11. The molecule has 1 unspecified atom stereocenters. The van der Waals surface area contributed by atoms with Crippen LogP contribution in [-0.2, 0) is 20.6 Å². The van der Waals surface area contributed by atoms with Gasteiger partial charge in [-0.2, -0.15) is 9.57 Å². The van der Waals surface area contributed by atoms with Crippen LogP contribution in [0.2, 0.25) is 0 Å². The molecule has 1 aliphatic rings. The van der Waals surface area contributed by atoms with E-state index in [0.717, 1.165) is 0 Å². The molecule has 1 aromatic carbocycles. The number of hydrogen-bond acceptors (Lipinski definition) is 4. The third-order valence-corrected chi connectivity index (χ3v) is 5.20. The fraction of sp³-hybridized carbons (Fsp3) is 0.429. The Bertz CT molecular complexity index is 662. The molecule has 0 spiro atoms. The highest BCUT2D eigenvalue weighted by atomic mass is 32.2. The first-order valence-electron chi connectivity index (χ1n) is 6.64. The number of carbonyl (C=O) groups is 1. The summed E-state index contributed by atoms with van der Waals surface area (Å²) < 4.78 is 26.1. The summed E-state index contributed by atoms with van der Waals surface area (Å²) in [6.45, 7) is 2.16. The van der Waals surface area contributed by atoms with Crippen LogP contribution in [0, 0.1) is 11.3 Å². The molecule has 112 valence electrons. The molecule has 0 radical (unpaired) electrons. The zero-order chi connectivity index (χ0) is 15.5. The summed E-state index contributed by atoms with van der Waals surface area (Å²) in [4.78, 5) is 11.0. The molecule has 1 heterocycles. The lowest BCUT2D eigenvalue weighted by molar-refractivity contribution is -0.119. The number of carbonyl (C=O) groups excluding carboxylic acids is 1. The SMILES string of the molecule is CC(=O)NC1CCN(S(=O)(=O)Cc2ccc(C#N)cc2)C1. The summed E-state index contributed by atoms with van der Waals surface area (Å²) in [5, 5.41) is 11.5. The van der Waals surface area contributed by atoms with Crippen molar-refractivity contribution < 1.29 is 13.2 Å². The third kappa shape index (κ3) is 4.03. The van der Waals surface area contributed by atoms with Gasteiger partial charge in [0.1, 0.15) is 0 Å². The van der Waals surface area contributed by atoms with Crippen molar-refractivity contribution in [1.82, 2.24) is 9.62 Å². The normalized spacial score (nSPS) is 19.1. The third-order valence-electron chi connectivity index (χ3n) is 3.38. The van der Waals surface area contributed by atoms with Crippen molar-refractivity contribution in [2.75, 3.05) is 13.1 Å². The number of nitriles is 1. The van der Waals surface area contributed by atoms with Gasteiger partial charge in [0.15, 0.2) is 0 Å². The summed E-state index contributed by atoms with van der Waals surface area (Å²) >= 11 is 0. The van der Waals surface area contributed by atoms with Crippen LogP contribution in [0.5, 0.6) is 0 Å². The standard InChI is InChI=1S/C14H17N3O3S/c1-11(18)16-14-6-7-17(9-14)21(19,20)10-13-4-2-12(8-15)3-5-13/h2-5,14H,6-7,9-10H2,1H3,(H,16,18). The van der Waals surface area contributed by atoms with Gasteiger partial charge in [-0.15, -0.1) is 0 Å². The molecule has 6 nitrogen and oxygen atoms in total. The summed E-state index contributed by atoms with van der Waals surface area (Å²) in [6.07, 6.45) is 0.631. The van der Waals surface area contributed by atoms with Crippen molar-refractivity contribution in [3.05, 3.63) is 35.4 Å². The van der Waals surface area contributed by atoms with Crippen LogP contribution in [0.1, 0.15) is 24.5 Å². The maximum Gasteiger partial charge on any atom is 0.218 e. The number of amides is 1. The van der Waals surface area contributed by atoms with Gasteiger partial charge < -0.3 is 5.32 Å². The molecule has 2 rings (SSSR count). The number of nitrogens with one attached hydrogen (secondary N) is 1. The van der Waals surface area contributed by atoms with Crippen LogP contribution in [0.15, 0.2) is 24.3 Å². The van der Waals surface area contributed by atoms with Gasteiger partial charge in [-0.25, -0.2) is 8.42 Å². The minimum atomic E-state index is -3.40. The zero-order valence-corrected chi connectivity index (χ0v) is 12.6. The quantitative estimate of drug-likeness (QED) is 0.882. The number of rotatable bonds is 4. The molecule has 0 aromatic heterocycles. The Labute approximate surface area is 124 Å². The average Bonchev–Trinajstić information content (AvgIpc) is 2.88. The van der Waals surface area contributed by atoms with Crippen molar-refractivity contribution >= 4 is 15.9 Å². The topological polar surface area (TPSA) is 90.3 Å². The largest absolute Gasteiger partial charge is 0.352 e. The lowest BCUT2D eigenvalue weighted by atomic mass is 10.2. The van der Waals surface area contributed by atoms with Gasteiger partial charge in [-0.1, -0.05) is 12.1 Å². The molecule has 7 heteroatoms. The van der Waals surface area contributed by atoms with Crippen LogP contribution < -0.4 is 5.32 Å². The van der Waals surface area contributed by atoms with Gasteiger partial charge in [-0.3, -0.25) is 4.79 Å². The molecular weight excluding hydrogens is 290 g/mol. The van der Waals surface area contributed by atoms with Gasteiger partial charge >= 0.3 is 0 Å². The van der Waals surface area contributed by atoms with E-state index in [-0.39, 0.29) is 17.7 Å². The minimum Gasteiger partial charge on any atom is -0.352 e. The summed E-state index contributed by atoms with van der Waals surface area (Å²) in [5.41, 5.74) is 1.15. The molecule has 1 fully saturated rings. The Balaban J connectivity index is 2.02. The van der Waals surface area contributed by atoms with E-state index >= 15 is 0 Å². The summed E-state index contributed by atoms with van der Waals surface area (Å²) in [6, 6.07) is 8.40. The van der Waals surface area contributed by atoms with E-state index in [2.05, 4.69) is 5.32 Å². The van der Waals surface area contributed by atoms with E-state index in [4.69, 9.17) is 5.26 Å². The minimum absolute atomic E-state index is 0.0918. The molecule has 1 aliphatic heterocycles. The fourth-order valence-corrected chi connectivity index (χ4v) is 3.95. The second-order valence-corrected chi connectivity index (χ2v) is 7.08. The Morgan fingerprint density at radius 3 is 2.67 bits per heavy atom. The predicted molar refractivity (Wildman–Crippen MR) is 77.6 cm³/mol. The van der Waals surface area contributed by atoms with Crippen LogP contribution >= 0.6 is 0 Å². The van der Waals surface area contributed by atoms with Gasteiger partial charge in [0.05, 0.1) is 17.4 Å². The van der Waals surface area contributed by atoms with Crippen molar-refractivity contribution in [2.45, 2.75) is 25.1 Å². The highest BCUT2D eigenvalue weighted by Gasteiger charge is 2.31. The van der Waals surface area contributed by atoms with Gasteiger partial charge in [0.25, 0.3) is 0 Å². The Morgan fingerprint density at radius 1 is 1.43 bits per heavy atom. The Morgan fingerprint density at radius 2 is 2.10 bits per heavy atom. The van der Waals surface area contributed by atoms with E-state index in [1.807, 2.05) is 6.07 Å². The van der Waals surface area contributed by atoms with Crippen LogP contribution in [0.3, 0.4) is 0 Å². The molecule has 1 amide bonds. The Hall–Kier alpha value is -1.91. The van der Waals surface area contributed by atoms with E-state index in [1.165, 1.54) is 11.2 Å². The Kier molecular flexibility index (Phi) is 4.60. The van der Waals surface area contributed by atoms with Crippen LogP contribution in [0.4, 0.5) is 0 Å². The van der Waals surface area contributed by atoms with Gasteiger partial charge in [-0.05, 0) is 24.1 Å². The lowest BCUT2D eigenvalue weighted by Gasteiger charge is -2.17. The molecule has 1 atom stereocenters. The molecule has 0 bridgehead atoms. The maximum absolute atomic E-state index is 12.3. The van der Waals surface area contributed by atoms with E-state index in [1.54, 1.807) is 24.3 Å². The predicted octanol–water partition coefficient (Wildman–Crippen LogP) is 0.598. The van der Waals surface area contributed by atoms with Crippen LogP contribution in [0.25, 0.3) is 0 Å². The number of benzene rings is 1. The maximum atomic E-state index is 12.3. The summed E-state index contributed by atoms with van der Waals surface area (Å²) in [5.74, 6) is -0.239. The highest BCUT2D eigenvalue weighted by Crippen LogP contribution is 2.18. The molecule has 1 aromatic rings. The summed E-state index contributed by atoms with van der Waals surface area (Å²) in [7, 11) is -3.40. The van der Waals surface area contributed by atoms with Gasteiger partial charge in [0, 0.05) is 26.1 Å². The number of hydrogen-bond donors (Lipinski definition) is 1. The molecular formula is C14H17N3O3S. The first-order valence-corrected chi connectivity index (χ1v) is 8.25. The number of nitrogens with zero attached hydrogens (tertiary/aromatic N) is 2. The highest BCUT2D eigenvalue weighted by molar-refractivity contribution is 7.88. The van der Waals surface area contributed by atoms with E-state index in [9.17, 15) is 13.2 Å². The first kappa shape index (κ1) is 15.5. The van der Waals surface area contributed by atoms with Crippen molar-refractivity contribution in [1.29, 1.82) is 5.26 Å². The molecule has 1 saturated heterocycles. The van der Waals surface area contributed by atoms with E-state index < -0.39 is 10.0 Å². The smallest absolute Gasteiger partial charge is 0.218 e. The molecule has 21 heavy (non-hydrogen) atoms. The second kappa shape index (κ2) is 6.24. The number of sulfonamides is 1. The van der Waals surface area contributed by atoms with Crippen molar-refractivity contribution in [3.63, 3.8) is 0 Å². The fourth-order valence-electron chi connectivity index (χ4n) is 2.36. The monoisotopic (exact) mass is 307 g/mol. The lowest BCUT2D eigenvalue weighted by Crippen LogP contribution is -2.37. The molecule has 1 N–H and O–H groups in total.